The van der Waals surface area contributed by atoms with Crippen LogP contribution in [0.5, 0.6) is 0 Å². The summed E-state index contributed by atoms with van der Waals surface area (Å²) in [7, 11) is 0. The van der Waals surface area contributed by atoms with Crippen LogP contribution in [-0.4, -0.2) is 26.6 Å². The van der Waals surface area contributed by atoms with Crippen LogP contribution >= 0.6 is 15.9 Å². The van der Waals surface area contributed by atoms with Crippen LogP contribution in [0.25, 0.3) is 10.7 Å². The van der Waals surface area contributed by atoms with Gasteiger partial charge in [0.25, 0.3) is 6.43 Å². The second kappa shape index (κ2) is 7.54. The number of nitrogens with one attached hydrogen (secondary N) is 1. The van der Waals surface area contributed by atoms with Gasteiger partial charge in [-0.2, -0.15) is 13.2 Å². The SMILES string of the molecule is C=C1C(Br)=c2ncnc(NCc3cccc(C(F)F)c3F)c2=CN1C1(C(F)(F)F)CC1. The molecule has 2 heterocycles. The Kier molecular flexibility index (Phi) is 5.27. The second-order valence-electron chi connectivity index (χ2n) is 7.25. The van der Waals surface area contributed by atoms with E-state index in [-0.39, 0.29) is 46.2 Å². The van der Waals surface area contributed by atoms with E-state index in [0.717, 1.165) is 11.0 Å². The van der Waals surface area contributed by atoms with Gasteiger partial charge in [0, 0.05) is 18.3 Å². The lowest BCUT2D eigenvalue weighted by atomic mass is 10.1. The molecular weight excluding hydrogens is 490 g/mol. The van der Waals surface area contributed by atoms with E-state index >= 15 is 0 Å². The van der Waals surface area contributed by atoms with Gasteiger partial charge in [-0.15, -0.1) is 0 Å². The Balaban J connectivity index is 1.73. The number of anilines is 1. The first-order valence-electron chi connectivity index (χ1n) is 9.14. The van der Waals surface area contributed by atoms with E-state index < -0.39 is 29.5 Å². The van der Waals surface area contributed by atoms with E-state index in [2.05, 4.69) is 37.8 Å². The van der Waals surface area contributed by atoms with Gasteiger partial charge in [0.1, 0.15) is 23.5 Å². The third-order valence-electron chi connectivity index (χ3n) is 5.40. The molecule has 0 amide bonds. The number of hydrogen-bond acceptors (Lipinski definition) is 4. The van der Waals surface area contributed by atoms with Crippen molar-refractivity contribution in [1.29, 1.82) is 0 Å². The highest BCUT2D eigenvalue weighted by atomic mass is 79.9. The Morgan fingerprint density at radius 1 is 1.23 bits per heavy atom. The Hall–Kier alpha value is -2.56. The van der Waals surface area contributed by atoms with E-state index in [1.807, 2.05) is 0 Å². The maximum Gasteiger partial charge on any atom is 0.411 e. The molecule has 1 saturated carbocycles. The van der Waals surface area contributed by atoms with Crippen LogP contribution in [0.1, 0.15) is 30.4 Å². The van der Waals surface area contributed by atoms with Crippen LogP contribution in [0.3, 0.4) is 0 Å². The summed E-state index contributed by atoms with van der Waals surface area (Å²) >= 11 is 3.27. The highest BCUT2D eigenvalue weighted by Crippen LogP contribution is 2.56. The summed E-state index contributed by atoms with van der Waals surface area (Å²) in [5, 5.41) is 3.39. The van der Waals surface area contributed by atoms with Gasteiger partial charge in [-0.25, -0.2) is 23.1 Å². The largest absolute Gasteiger partial charge is 0.411 e. The van der Waals surface area contributed by atoms with Crippen LogP contribution in [0.2, 0.25) is 0 Å². The molecule has 1 aliphatic carbocycles. The maximum absolute atomic E-state index is 14.3. The number of rotatable bonds is 5. The summed E-state index contributed by atoms with van der Waals surface area (Å²) < 4.78 is 81.6. The summed E-state index contributed by atoms with van der Waals surface area (Å²) in [5.74, 6) is -0.909. The van der Waals surface area contributed by atoms with Crippen molar-refractivity contribution in [3.63, 3.8) is 0 Å². The lowest BCUT2D eigenvalue weighted by Crippen LogP contribution is -2.50. The van der Waals surface area contributed by atoms with Gasteiger partial charge in [0.15, 0.2) is 0 Å². The Bertz CT molecular complexity index is 1170. The standard InChI is InChI=1S/C20H15BrF6N4/c1-10-14(21)16-13(8-31(10)19(5-6-19)20(25,26)27)18(30-9-29-16)28-7-11-3-2-4-12(15(11)22)17(23)24/h2-4,8-9,17H,1,5-7H2,(H,28,29,30). The Morgan fingerprint density at radius 3 is 2.55 bits per heavy atom. The first-order valence-corrected chi connectivity index (χ1v) is 9.93. The normalized spacial score (nSPS) is 17.5. The van der Waals surface area contributed by atoms with Crippen LogP contribution in [-0.2, 0) is 6.54 Å². The lowest BCUT2D eigenvalue weighted by Gasteiger charge is -2.35. The number of halogens is 7. The number of allylic oxidation sites excluding steroid dienone is 1. The van der Waals surface area contributed by atoms with E-state index in [1.54, 1.807) is 0 Å². The zero-order chi connectivity index (χ0) is 22.6. The molecule has 0 saturated heterocycles. The minimum Gasteiger partial charge on any atom is -0.365 e. The predicted molar refractivity (Wildman–Crippen MR) is 106 cm³/mol. The highest BCUT2D eigenvalue weighted by molar-refractivity contribution is 9.15. The minimum atomic E-state index is -4.47. The number of nitrogens with zero attached hydrogens (tertiary/aromatic N) is 3. The van der Waals surface area contributed by atoms with Crippen molar-refractivity contribution in [2.75, 3.05) is 5.32 Å². The molecule has 0 atom stereocenters. The second-order valence-corrected chi connectivity index (χ2v) is 8.04. The van der Waals surface area contributed by atoms with Gasteiger partial charge in [0.2, 0.25) is 0 Å². The van der Waals surface area contributed by atoms with Crippen molar-refractivity contribution in [2.24, 2.45) is 0 Å². The monoisotopic (exact) mass is 504 g/mol. The van der Waals surface area contributed by atoms with Crippen LogP contribution < -0.4 is 15.9 Å². The summed E-state index contributed by atoms with van der Waals surface area (Å²) in [6, 6.07) is 3.63. The molecule has 2 aromatic rings. The molecule has 164 valence electrons. The molecule has 0 bridgehead atoms. The molecular formula is C20H15BrF6N4. The summed E-state index contributed by atoms with van der Waals surface area (Å²) in [5.41, 5.74) is -2.69. The third kappa shape index (κ3) is 3.58. The molecule has 0 radical (unpaired) electrons. The van der Waals surface area contributed by atoms with Crippen molar-refractivity contribution in [2.45, 2.75) is 37.5 Å². The number of benzene rings is 1. The fourth-order valence-electron chi connectivity index (χ4n) is 3.53. The van der Waals surface area contributed by atoms with Gasteiger partial charge in [-0.3, -0.25) is 0 Å². The van der Waals surface area contributed by atoms with E-state index in [0.29, 0.717) is 5.35 Å². The Morgan fingerprint density at radius 2 is 1.94 bits per heavy atom. The van der Waals surface area contributed by atoms with Crippen molar-refractivity contribution in [3.05, 3.63) is 64.3 Å². The van der Waals surface area contributed by atoms with Crippen LogP contribution in [0.4, 0.5) is 32.2 Å². The molecule has 0 unspecified atom stereocenters. The number of alkyl halides is 5. The third-order valence-corrected chi connectivity index (χ3v) is 6.23. The van der Waals surface area contributed by atoms with Crippen molar-refractivity contribution in [1.82, 2.24) is 14.9 Å². The quantitative estimate of drug-likeness (QED) is 0.615. The number of hydrogen-bond donors (Lipinski definition) is 1. The first kappa shape index (κ1) is 21.7. The topological polar surface area (TPSA) is 41.1 Å². The minimum absolute atomic E-state index is 0.0285. The number of aromatic nitrogens is 2. The van der Waals surface area contributed by atoms with Gasteiger partial charge >= 0.3 is 6.18 Å². The molecule has 1 N–H and O–H groups in total. The lowest BCUT2D eigenvalue weighted by molar-refractivity contribution is -0.181. The Labute approximate surface area is 181 Å². The van der Waals surface area contributed by atoms with Crippen LogP contribution in [0, 0.1) is 5.82 Å². The fraction of sp³-hybridized carbons (Fsp3) is 0.300. The average molecular weight is 505 g/mol. The van der Waals surface area contributed by atoms with Crippen LogP contribution in [0.15, 0.2) is 36.8 Å². The summed E-state index contributed by atoms with van der Waals surface area (Å²) in [4.78, 5) is 9.23. The highest BCUT2D eigenvalue weighted by Gasteiger charge is 2.67. The summed E-state index contributed by atoms with van der Waals surface area (Å²) in [6.07, 6.45) is -5.13. The maximum atomic E-state index is 14.3. The van der Waals surface area contributed by atoms with Crippen molar-refractivity contribution in [3.8, 4) is 0 Å². The number of fused-ring (bicyclic) bond motifs is 1. The molecule has 4 nitrogen and oxygen atoms in total. The van der Waals surface area contributed by atoms with E-state index in [4.69, 9.17) is 0 Å². The van der Waals surface area contributed by atoms with Gasteiger partial charge < -0.3 is 10.2 Å². The molecule has 31 heavy (non-hydrogen) atoms. The zero-order valence-corrected chi connectivity index (χ0v) is 17.4. The molecule has 4 rings (SSSR count). The zero-order valence-electron chi connectivity index (χ0n) is 15.8. The molecule has 1 fully saturated rings. The molecule has 1 aromatic heterocycles. The smallest absolute Gasteiger partial charge is 0.365 e. The first-order chi connectivity index (χ1) is 14.6. The molecule has 2 aliphatic rings. The molecule has 1 aliphatic heterocycles. The molecule has 1 aromatic carbocycles. The van der Waals surface area contributed by atoms with E-state index in [9.17, 15) is 26.3 Å². The van der Waals surface area contributed by atoms with Gasteiger partial charge in [0.05, 0.1) is 26.3 Å². The van der Waals surface area contributed by atoms with Crippen molar-refractivity contribution < 1.29 is 26.3 Å². The van der Waals surface area contributed by atoms with Gasteiger partial charge in [-0.05, 0) is 28.8 Å². The fourth-order valence-corrected chi connectivity index (χ4v) is 4.03. The summed E-state index contributed by atoms with van der Waals surface area (Å²) in [6.45, 7) is 3.56. The molecule has 11 heteroatoms. The van der Waals surface area contributed by atoms with E-state index in [1.165, 1.54) is 24.7 Å². The van der Waals surface area contributed by atoms with Gasteiger partial charge in [-0.1, -0.05) is 24.8 Å². The molecule has 0 spiro atoms. The average Bonchev–Trinajstić information content (AvgIpc) is 3.51. The van der Waals surface area contributed by atoms with Crippen molar-refractivity contribution >= 4 is 32.4 Å². The predicted octanol–water partition coefficient (Wildman–Crippen LogP) is 4.33.